The predicted molar refractivity (Wildman–Crippen MR) is 130 cm³/mol. The number of hydrogen-bond acceptors (Lipinski definition) is 7. The smallest absolute Gasteiger partial charge is 0.258 e. The van der Waals surface area contributed by atoms with E-state index in [0.29, 0.717) is 55.3 Å². The molecule has 0 radical (unpaired) electrons. The van der Waals surface area contributed by atoms with Gasteiger partial charge in [0.1, 0.15) is 17.7 Å². The van der Waals surface area contributed by atoms with Crippen molar-refractivity contribution in [3.8, 4) is 17.2 Å². The third-order valence-corrected chi connectivity index (χ3v) is 6.33. The lowest BCUT2D eigenvalue weighted by molar-refractivity contribution is -0.125. The van der Waals surface area contributed by atoms with Crippen molar-refractivity contribution in [2.75, 3.05) is 40.0 Å². The van der Waals surface area contributed by atoms with Gasteiger partial charge in [-0.05, 0) is 48.2 Å². The summed E-state index contributed by atoms with van der Waals surface area (Å²) < 4.78 is 31.6. The van der Waals surface area contributed by atoms with Gasteiger partial charge in [-0.25, -0.2) is 4.39 Å². The summed E-state index contributed by atoms with van der Waals surface area (Å²) >= 11 is 0. The van der Waals surface area contributed by atoms with Crippen LogP contribution >= 0.6 is 0 Å². The second kappa shape index (κ2) is 12.0. The molecule has 9 nitrogen and oxygen atoms in total. The number of hydrogen-bond donors (Lipinski definition) is 3. The molecule has 1 saturated heterocycles. The highest BCUT2D eigenvalue weighted by atomic mass is 19.1. The van der Waals surface area contributed by atoms with Crippen LogP contribution in [0.3, 0.4) is 0 Å². The number of piperidine rings is 1. The maximum Gasteiger partial charge on any atom is 0.258 e. The number of fused-ring (bicyclic) bond motifs is 5. The van der Waals surface area contributed by atoms with E-state index in [1.165, 1.54) is 19.2 Å². The Hall–Kier alpha value is -3.37. The van der Waals surface area contributed by atoms with Crippen molar-refractivity contribution in [3.63, 3.8) is 0 Å². The number of carbonyl (C=O) groups excluding carboxylic acids is 2. The second-order valence-corrected chi connectivity index (χ2v) is 8.99. The lowest BCUT2D eigenvalue weighted by Gasteiger charge is -2.38. The Morgan fingerprint density at radius 1 is 1.14 bits per heavy atom. The van der Waals surface area contributed by atoms with Crippen LogP contribution in [0.5, 0.6) is 17.2 Å². The van der Waals surface area contributed by atoms with E-state index in [1.807, 2.05) is 11.0 Å². The Kier molecular flexibility index (Phi) is 8.61. The first kappa shape index (κ1) is 25.7. The minimum atomic E-state index is -0.469. The molecule has 2 aromatic carbocycles. The average molecular weight is 502 g/mol. The largest absolute Gasteiger partial charge is 0.493 e. The summed E-state index contributed by atoms with van der Waals surface area (Å²) in [6.45, 7) is 1.53. The SMILES string of the molecule is COc1ccc2cc1OCC(=O)N[C@@H]1CN(CCO)CC[C@H]1Oc1cc(F)cc(c1)CNC(=O)CC2. The van der Waals surface area contributed by atoms with Crippen LogP contribution in [0.25, 0.3) is 0 Å². The summed E-state index contributed by atoms with van der Waals surface area (Å²) in [7, 11) is 1.52. The maximum absolute atomic E-state index is 14.3. The molecule has 2 aliphatic heterocycles. The van der Waals surface area contributed by atoms with Crippen molar-refractivity contribution in [3.05, 3.63) is 53.3 Å². The molecule has 4 rings (SSSR count). The lowest BCUT2D eigenvalue weighted by atomic mass is 10.0. The summed E-state index contributed by atoms with van der Waals surface area (Å²) in [6.07, 6.45) is 0.855. The van der Waals surface area contributed by atoms with Gasteiger partial charge in [-0.3, -0.25) is 14.5 Å². The minimum Gasteiger partial charge on any atom is -0.493 e. The first-order valence-electron chi connectivity index (χ1n) is 12.1. The van der Waals surface area contributed by atoms with Crippen LogP contribution in [0.1, 0.15) is 24.0 Å². The number of aliphatic hydroxyl groups is 1. The van der Waals surface area contributed by atoms with Crippen molar-refractivity contribution in [1.29, 1.82) is 0 Å². The van der Waals surface area contributed by atoms with Crippen molar-refractivity contribution >= 4 is 11.8 Å². The zero-order chi connectivity index (χ0) is 25.5. The second-order valence-electron chi connectivity index (χ2n) is 8.99. The number of benzene rings is 2. The van der Waals surface area contributed by atoms with Crippen molar-refractivity contribution in [2.45, 2.75) is 38.0 Å². The van der Waals surface area contributed by atoms with Crippen molar-refractivity contribution < 1.29 is 33.3 Å². The molecule has 4 bridgehead atoms. The highest BCUT2D eigenvalue weighted by Crippen LogP contribution is 2.29. The molecule has 10 heteroatoms. The molecular formula is C26H32FN3O6. The van der Waals surface area contributed by atoms with Crippen LogP contribution < -0.4 is 24.8 Å². The fourth-order valence-electron chi connectivity index (χ4n) is 4.52. The van der Waals surface area contributed by atoms with E-state index in [9.17, 15) is 19.1 Å². The van der Waals surface area contributed by atoms with Gasteiger partial charge >= 0.3 is 0 Å². The van der Waals surface area contributed by atoms with Gasteiger partial charge in [0, 0.05) is 38.7 Å². The average Bonchev–Trinajstić information content (AvgIpc) is 2.86. The number of nitrogens with zero attached hydrogens (tertiary/aromatic N) is 1. The molecule has 0 unspecified atom stereocenters. The van der Waals surface area contributed by atoms with E-state index in [0.717, 1.165) is 5.56 Å². The molecule has 0 aromatic heterocycles. The topological polar surface area (TPSA) is 109 Å². The van der Waals surface area contributed by atoms with Crippen molar-refractivity contribution in [2.24, 2.45) is 0 Å². The highest BCUT2D eigenvalue weighted by molar-refractivity contribution is 5.78. The summed E-state index contributed by atoms with van der Waals surface area (Å²) in [5, 5.41) is 15.2. The number of methoxy groups -OCH3 is 1. The lowest BCUT2D eigenvalue weighted by Crippen LogP contribution is -2.58. The van der Waals surface area contributed by atoms with Gasteiger partial charge in [0.15, 0.2) is 18.1 Å². The van der Waals surface area contributed by atoms with Gasteiger partial charge in [0.2, 0.25) is 5.91 Å². The number of rotatable bonds is 3. The normalized spacial score (nSPS) is 21.5. The number of carbonyl (C=O) groups is 2. The maximum atomic E-state index is 14.3. The van der Waals surface area contributed by atoms with Gasteiger partial charge < -0.3 is 30.0 Å². The van der Waals surface area contributed by atoms with E-state index in [4.69, 9.17) is 14.2 Å². The standard InChI is InChI=1S/C26H32FN3O6/c1-34-23-4-2-17-3-5-25(32)28-14-18-10-19(27)13-20(11-18)36-22-6-7-30(8-9-31)15-21(22)29-26(33)16-35-24(23)12-17/h2,4,10-13,21-22,31H,3,5-9,14-16H2,1H3,(H,28,32)(H,29,33)/t21-,22-/m1/s1. The number of aryl methyl sites for hydroxylation is 1. The van der Waals surface area contributed by atoms with Gasteiger partial charge in [0.05, 0.1) is 19.8 Å². The van der Waals surface area contributed by atoms with E-state index >= 15 is 0 Å². The van der Waals surface area contributed by atoms with Crippen molar-refractivity contribution in [1.82, 2.24) is 15.5 Å². The van der Waals surface area contributed by atoms with Crippen LogP contribution in [0.2, 0.25) is 0 Å². The van der Waals surface area contributed by atoms with Gasteiger partial charge in [-0.2, -0.15) is 0 Å². The van der Waals surface area contributed by atoms with E-state index < -0.39 is 18.0 Å². The molecule has 2 amide bonds. The third-order valence-electron chi connectivity index (χ3n) is 6.33. The number of nitrogens with one attached hydrogen (secondary N) is 2. The van der Waals surface area contributed by atoms with Crippen LogP contribution in [0, 0.1) is 5.82 Å². The molecule has 2 aliphatic rings. The Balaban J connectivity index is 1.60. The van der Waals surface area contributed by atoms with Crippen LogP contribution in [0.4, 0.5) is 4.39 Å². The zero-order valence-corrected chi connectivity index (χ0v) is 20.3. The molecule has 2 aromatic rings. The molecule has 3 N–H and O–H groups in total. The van der Waals surface area contributed by atoms with E-state index in [1.54, 1.807) is 18.2 Å². The van der Waals surface area contributed by atoms with E-state index in [2.05, 4.69) is 10.6 Å². The number of likely N-dealkylation sites (tertiary alicyclic amines) is 1. The molecular weight excluding hydrogens is 469 g/mol. The Bertz CT molecular complexity index is 1080. The van der Waals surface area contributed by atoms with Crippen LogP contribution in [-0.2, 0) is 22.6 Å². The summed E-state index contributed by atoms with van der Waals surface area (Å²) in [5.41, 5.74) is 1.44. The molecule has 1 fully saturated rings. The first-order chi connectivity index (χ1) is 17.4. The zero-order valence-electron chi connectivity index (χ0n) is 20.3. The molecule has 36 heavy (non-hydrogen) atoms. The fourth-order valence-corrected chi connectivity index (χ4v) is 4.52. The summed E-state index contributed by atoms with van der Waals surface area (Å²) in [6, 6.07) is 9.30. The monoisotopic (exact) mass is 501 g/mol. The number of amides is 2. The summed E-state index contributed by atoms with van der Waals surface area (Å²) in [5.74, 6) is 0.248. The first-order valence-corrected chi connectivity index (χ1v) is 12.1. The van der Waals surface area contributed by atoms with Gasteiger partial charge in [-0.1, -0.05) is 6.07 Å². The molecule has 0 spiro atoms. The Labute approximate surface area is 209 Å². The van der Waals surface area contributed by atoms with Gasteiger partial charge in [-0.15, -0.1) is 0 Å². The Morgan fingerprint density at radius 2 is 2.00 bits per heavy atom. The number of aliphatic hydroxyl groups excluding tert-OH is 1. The van der Waals surface area contributed by atoms with E-state index in [-0.39, 0.29) is 38.0 Å². The Morgan fingerprint density at radius 3 is 2.81 bits per heavy atom. The van der Waals surface area contributed by atoms with Gasteiger partial charge in [0.25, 0.3) is 5.91 Å². The third kappa shape index (κ3) is 6.86. The highest BCUT2D eigenvalue weighted by Gasteiger charge is 2.32. The number of ether oxygens (including phenoxy) is 3. The fraction of sp³-hybridized carbons (Fsp3) is 0.462. The predicted octanol–water partition coefficient (Wildman–Crippen LogP) is 1.41. The molecule has 0 saturated carbocycles. The minimum absolute atomic E-state index is 0.00438. The number of β-amino-alcohol motifs (C(OH)–C–C–N with tert-alkyl or cyclic N) is 1. The van der Waals surface area contributed by atoms with Crippen LogP contribution in [-0.4, -0.2) is 73.9 Å². The molecule has 2 atom stereocenters. The quantitative estimate of drug-likeness (QED) is 0.584. The molecule has 0 aliphatic carbocycles. The molecule has 2 heterocycles. The molecule has 194 valence electrons. The number of halogens is 1. The summed E-state index contributed by atoms with van der Waals surface area (Å²) in [4.78, 5) is 27.3. The van der Waals surface area contributed by atoms with Crippen LogP contribution in [0.15, 0.2) is 36.4 Å².